The summed E-state index contributed by atoms with van der Waals surface area (Å²) < 4.78 is 0.961. The molecular weight excluding hydrogens is 318 g/mol. The quantitative estimate of drug-likeness (QED) is 0.873. The minimum Gasteiger partial charge on any atom is -0.338 e. The van der Waals surface area contributed by atoms with Gasteiger partial charge in [0.2, 0.25) is 0 Å². The van der Waals surface area contributed by atoms with Crippen LogP contribution < -0.4 is 5.32 Å². The first-order chi connectivity index (χ1) is 9.55. The van der Waals surface area contributed by atoms with Crippen LogP contribution in [0.3, 0.4) is 0 Å². The molecule has 0 aromatic heterocycles. The first-order valence-corrected chi connectivity index (χ1v) is 7.76. The maximum atomic E-state index is 12.8. The lowest BCUT2D eigenvalue weighted by Crippen LogP contribution is -2.49. The van der Waals surface area contributed by atoms with Crippen LogP contribution in [0.1, 0.15) is 31.2 Å². The molecule has 0 spiro atoms. The van der Waals surface area contributed by atoms with Gasteiger partial charge in [0.05, 0.1) is 0 Å². The Kier molecular flexibility index (Phi) is 3.32. The highest BCUT2D eigenvalue weighted by Crippen LogP contribution is 2.44. The van der Waals surface area contributed by atoms with E-state index in [0.29, 0.717) is 0 Å². The Morgan fingerprint density at radius 3 is 2.65 bits per heavy atom. The van der Waals surface area contributed by atoms with Gasteiger partial charge < -0.3 is 5.32 Å². The number of rotatable bonds is 2. The molecule has 5 heteroatoms. The van der Waals surface area contributed by atoms with Gasteiger partial charge in [0.15, 0.2) is 5.96 Å². The van der Waals surface area contributed by atoms with Crippen molar-refractivity contribution in [1.29, 1.82) is 5.41 Å². The van der Waals surface area contributed by atoms with E-state index in [-0.39, 0.29) is 17.8 Å². The van der Waals surface area contributed by atoms with Crippen LogP contribution in [0.4, 0.5) is 0 Å². The molecule has 20 heavy (non-hydrogen) atoms. The lowest BCUT2D eigenvalue weighted by molar-refractivity contribution is -0.132. The van der Waals surface area contributed by atoms with Gasteiger partial charge >= 0.3 is 0 Å². The van der Waals surface area contributed by atoms with Gasteiger partial charge in [-0.05, 0) is 36.5 Å². The average molecular weight is 336 g/mol. The summed E-state index contributed by atoms with van der Waals surface area (Å²) in [5.41, 5.74) is 0.199. The van der Waals surface area contributed by atoms with Crippen molar-refractivity contribution < 1.29 is 4.79 Å². The number of amides is 1. The Morgan fingerprint density at radius 1 is 1.40 bits per heavy atom. The highest BCUT2D eigenvalue weighted by molar-refractivity contribution is 9.10. The zero-order valence-corrected chi connectivity index (χ0v) is 13.0. The summed E-state index contributed by atoms with van der Waals surface area (Å²) in [5, 5.41) is 11.2. The second-order valence-corrected chi connectivity index (χ2v) is 6.55. The van der Waals surface area contributed by atoms with Gasteiger partial charge in [-0.3, -0.25) is 15.1 Å². The lowest BCUT2D eigenvalue weighted by atomic mass is 9.77. The van der Waals surface area contributed by atoms with Crippen molar-refractivity contribution in [2.75, 3.05) is 7.05 Å². The van der Waals surface area contributed by atoms with E-state index >= 15 is 0 Å². The smallest absolute Gasteiger partial charge is 0.259 e. The number of halogens is 1. The van der Waals surface area contributed by atoms with Gasteiger partial charge in [-0.2, -0.15) is 0 Å². The van der Waals surface area contributed by atoms with E-state index < -0.39 is 5.54 Å². The van der Waals surface area contributed by atoms with Crippen LogP contribution in [0, 0.1) is 11.3 Å². The van der Waals surface area contributed by atoms with E-state index in [1.165, 1.54) is 4.90 Å². The molecule has 1 aliphatic carbocycles. The number of nitrogens with zero attached hydrogens (tertiary/aromatic N) is 1. The predicted molar refractivity (Wildman–Crippen MR) is 81.4 cm³/mol. The van der Waals surface area contributed by atoms with Crippen LogP contribution in [-0.4, -0.2) is 23.8 Å². The first-order valence-electron chi connectivity index (χ1n) is 6.96. The predicted octanol–water partition coefficient (Wildman–Crippen LogP) is 2.83. The SMILES string of the molecule is CN1C(=N)NC(c2cccc(Br)c2)(C2CCCC2)C1=O. The van der Waals surface area contributed by atoms with E-state index in [1.54, 1.807) is 7.05 Å². The van der Waals surface area contributed by atoms with Crippen molar-refractivity contribution in [3.8, 4) is 0 Å². The second-order valence-electron chi connectivity index (χ2n) is 5.64. The van der Waals surface area contributed by atoms with Gasteiger partial charge in [-0.1, -0.05) is 40.9 Å². The molecule has 1 unspecified atom stereocenters. The van der Waals surface area contributed by atoms with Crippen molar-refractivity contribution >= 4 is 27.8 Å². The van der Waals surface area contributed by atoms with Crippen LogP contribution in [0.2, 0.25) is 0 Å². The molecule has 1 aliphatic heterocycles. The van der Waals surface area contributed by atoms with Gasteiger partial charge in [0.25, 0.3) is 5.91 Å². The lowest BCUT2D eigenvalue weighted by Gasteiger charge is -2.33. The molecule has 0 bridgehead atoms. The van der Waals surface area contributed by atoms with E-state index in [2.05, 4.69) is 21.2 Å². The third-order valence-electron chi connectivity index (χ3n) is 4.54. The number of benzene rings is 1. The Labute approximate surface area is 127 Å². The van der Waals surface area contributed by atoms with E-state index in [0.717, 1.165) is 35.7 Å². The number of hydrogen-bond donors (Lipinski definition) is 2. The second kappa shape index (κ2) is 4.88. The third kappa shape index (κ3) is 1.87. The zero-order valence-electron chi connectivity index (χ0n) is 11.4. The number of nitrogens with one attached hydrogen (secondary N) is 2. The summed E-state index contributed by atoms with van der Waals surface area (Å²) >= 11 is 3.49. The summed E-state index contributed by atoms with van der Waals surface area (Å²) in [4.78, 5) is 14.3. The van der Waals surface area contributed by atoms with Crippen LogP contribution in [0.15, 0.2) is 28.7 Å². The van der Waals surface area contributed by atoms with E-state index in [4.69, 9.17) is 5.41 Å². The molecule has 2 aliphatic rings. The van der Waals surface area contributed by atoms with E-state index in [1.807, 2.05) is 24.3 Å². The van der Waals surface area contributed by atoms with Gasteiger partial charge in [-0.25, -0.2) is 0 Å². The third-order valence-corrected chi connectivity index (χ3v) is 5.03. The van der Waals surface area contributed by atoms with Crippen LogP contribution in [0.5, 0.6) is 0 Å². The number of likely N-dealkylation sites (N-methyl/N-ethyl adjacent to an activating group) is 1. The van der Waals surface area contributed by atoms with Gasteiger partial charge in [-0.15, -0.1) is 0 Å². The van der Waals surface area contributed by atoms with Gasteiger partial charge in [0.1, 0.15) is 5.54 Å². The molecule has 2 fully saturated rings. The largest absolute Gasteiger partial charge is 0.338 e. The number of hydrogen-bond acceptors (Lipinski definition) is 2. The van der Waals surface area contributed by atoms with Crippen molar-refractivity contribution in [3.63, 3.8) is 0 Å². The number of carbonyl (C=O) groups is 1. The Bertz CT molecular complexity index is 568. The van der Waals surface area contributed by atoms with Gasteiger partial charge in [0, 0.05) is 11.5 Å². The Morgan fingerprint density at radius 2 is 2.10 bits per heavy atom. The molecule has 1 amide bonds. The fourth-order valence-electron chi connectivity index (χ4n) is 3.49. The van der Waals surface area contributed by atoms with Crippen LogP contribution in [-0.2, 0) is 10.3 Å². The fourth-order valence-corrected chi connectivity index (χ4v) is 3.89. The maximum Gasteiger partial charge on any atom is 0.259 e. The molecule has 1 heterocycles. The first kappa shape index (κ1) is 13.6. The molecule has 106 valence electrons. The maximum absolute atomic E-state index is 12.8. The highest BCUT2D eigenvalue weighted by Gasteiger charge is 2.54. The summed E-state index contributed by atoms with van der Waals surface area (Å²) in [6.45, 7) is 0. The molecule has 1 saturated heterocycles. The molecule has 1 aromatic carbocycles. The fraction of sp³-hybridized carbons (Fsp3) is 0.467. The Balaban J connectivity index is 2.13. The summed E-state index contributed by atoms with van der Waals surface area (Å²) in [6, 6.07) is 7.89. The molecule has 1 saturated carbocycles. The zero-order chi connectivity index (χ0) is 14.3. The summed E-state index contributed by atoms with van der Waals surface area (Å²) in [6.07, 6.45) is 4.39. The Hall–Kier alpha value is -1.36. The molecule has 0 radical (unpaired) electrons. The average Bonchev–Trinajstić information content (AvgIpc) is 3.03. The monoisotopic (exact) mass is 335 g/mol. The molecular formula is C15H18BrN3O. The number of guanidine groups is 1. The minimum atomic E-state index is -0.758. The topological polar surface area (TPSA) is 56.2 Å². The number of carbonyl (C=O) groups excluding carboxylic acids is 1. The molecule has 1 atom stereocenters. The minimum absolute atomic E-state index is 0.00694. The van der Waals surface area contributed by atoms with Crippen molar-refractivity contribution in [3.05, 3.63) is 34.3 Å². The molecule has 4 nitrogen and oxygen atoms in total. The molecule has 3 rings (SSSR count). The molecule has 1 aromatic rings. The van der Waals surface area contributed by atoms with Crippen LogP contribution in [0.25, 0.3) is 0 Å². The standard InChI is InChI=1S/C15H18BrN3O/c1-19-13(20)15(18-14(19)17,10-5-2-3-6-10)11-7-4-8-12(16)9-11/h4,7-10H,2-3,5-6H2,1H3,(H2,17,18). The normalized spacial score (nSPS) is 27.2. The highest BCUT2D eigenvalue weighted by atomic mass is 79.9. The summed E-state index contributed by atoms with van der Waals surface area (Å²) in [7, 11) is 1.67. The van der Waals surface area contributed by atoms with Crippen molar-refractivity contribution in [1.82, 2.24) is 10.2 Å². The summed E-state index contributed by atoms with van der Waals surface area (Å²) in [5.74, 6) is 0.448. The van der Waals surface area contributed by atoms with Crippen molar-refractivity contribution in [2.45, 2.75) is 31.2 Å². The molecule has 2 N–H and O–H groups in total. The van der Waals surface area contributed by atoms with E-state index in [9.17, 15) is 4.79 Å². The van der Waals surface area contributed by atoms with Crippen molar-refractivity contribution in [2.24, 2.45) is 5.92 Å². The van der Waals surface area contributed by atoms with Crippen LogP contribution >= 0.6 is 15.9 Å².